The molecule has 158 valence electrons. The number of aromatic nitrogens is 1. The predicted octanol–water partition coefficient (Wildman–Crippen LogP) is 4.45. The van der Waals surface area contributed by atoms with E-state index >= 15 is 0 Å². The van der Waals surface area contributed by atoms with E-state index in [0.29, 0.717) is 10.7 Å². The minimum Gasteiger partial charge on any atom is -0.507 e. The topological polar surface area (TPSA) is 73.7 Å². The lowest BCUT2D eigenvalue weighted by atomic mass is 9.93. The van der Waals surface area contributed by atoms with Crippen LogP contribution in [0.2, 0.25) is 0 Å². The van der Waals surface area contributed by atoms with Crippen LogP contribution in [-0.2, 0) is 9.59 Å². The molecule has 0 aliphatic carbocycles. The van der Waals surface area contributed by atoms with Crippen molar-refractivity contribution in [2.24, 2.45) is 0 Å². The largest absolute Gasteiger partial charge is 0.507 e. The number of rotatable bonds is 4. The number of ketones is 1. The van der Waals surface area contributed by atoms with Crippen molar-refractivity contribution in [3.63, 3.8) is 0 Å². The van der Waals surface area contributed by atoms with Crippen molar-refractivity contribution in [3.05, 3.63) is 81.9 Å². The molecule has 3 aromatic rings. The Morgan fingerprint density at radius 2 is 1.81 bits per heavy atom. The van der Waals surface area contributed by atoms with Crippen LogP contribution in [0.4, 0.5) is 10.8 Å². The maximum Gasteiger partial charge on any atom is 0.301 e. The average molecular weight is 434 g/mol. The maximum atomic E-state index is 13.1. The van der Waals surface area contributed by atoms with Crippen LogP contribution in [0.25, 0.3) is 5.76 Å². The molecule has 1 atom stereocenters. The van der Waals surface area contributed by atoms with Gasteiger partial charge in [0.05, 0.1) is 11.6 Å². The summed E-state index contributed by atoms with van der Waals surface area (Å²) in [5, 5.41) is 13.4. The fourth-order valence-electron chi connectivity index (χ4n) is 3.77. The Balaban J connectivity index is 1.94. The summed E-state index contributed by atoms with van der Waals surface area (Å²) in [5.41, 5.74) is 4.12. The van der Waals surface area contributed by atoms with Gasteiger partial charge in [-0.1, -0.05) is 29.8 Å². The first kappa shape index (κ1) is 20.8. The quantitative estimate of drug-likeness (QED) is 0.374. The number of carbonyl (C=O) groups is 2. The second-order valence-electron chi connectivity index (χ2n) is 7.79. The van der Waals surface area contributed by atoms with Gasteiger partial charge in [0.25, 0.3) is 5.78 Å². The summed E-state index contributed by atoms with van der Waals surface area (Å²) in [5.74, 6) is -1.57. The highest BCUT2D eigenvalue weighted by Crippen LogP contribution is 2.43. The van der Waals surface area contributed by atoms with Gasteiger partial charge >= 0.3 is 5.91 Å². The molecule has 0 bridgehead atoms. The predicted molar refractivity (Wildman–Crippen MR) is 124 cm³/mol. The molecule has 1 aliphatic rings. The van der Waals surface area contributed by atoms with E-state index in [2.05, 4.69) is 4.98 Å². The number of hydrogen-bond donors (Lipinski definition) is 1. The van der Waals surface area contributed by atoms with Gasteiger partial charge in [-0.15, -0.1) is 11.3 Å². The molecule has 1 fully saturated rings. The highest BCUT2D eigenvalue weighted by atomic mass is 32.1. The number of aryl methyl sites for hydroxylation is 2. The molecular weight excluding hydrogens is 410 g/mol. The maximum absolute atomic E-state index is 13.1. The first-order valence-electron chi connectivity index (χ1n) is 9.85. The third-order valence-corrected chi connectivity index (χ3v) is 6.21. The highest BCUT2D eigenvalue weighted by Gasteiger charge is 2.48. The van der Waals surface area contributed by atoms with Gasteiger partial charge in [0.15, 0.2) is 5.13 Å². The number of carbonyl (C=O) groups excluding carboxylic acids is 2. The molecule has 1 aromatic heterocycles. The van der Waals surface area contributed by atoms with Crippen molar-refractivity contribution < 1.29 is 14.7 Å². The zero-order valence-electron chi connectivity index (χ0n) is 17.8. The van der Waals surface area contributed by atoms with Crippen molar-refractivity contribution in [1.29, 1.82) is 0 Å². The summed E-state index contributed by atoms with van der Waals surface area (Å²) in [7, 11) is 3.88. The number of thiazole rings is 1. The number of anilines is 2. The molecule has 0 spiro atoms. The van der Waals surface area contributed by atoms with Crippen LogP contribution < -0.4 is 9.80 Å². The summed E-state index contributed by atoms with van der Waals surface area (Å²) in [6.07, 6.45) is 1.59. The summed E-state index contributed by atoms with van der Waals surface area (Å²) in [6.45, 7) is 3.79. The second kappa shape index (κ2) is 8.00. The lowest BCUT2D eigenvalue weighted by molar-refractivity contribution is -0.132. The standard InChI is InChI=1S/C24H23N3O3S/c1-14-5-6-15(2)18(13-14)21(28)19-20(16-7-9-17(10-8-16)26(3)4)27(23(30)22(19)29)24-25-11-12-31-24/h5-13,20,28H,1-4H3/b21-19+. The van der Waals surface area contributed by atoms with E-state index < -0.39 is 17.7 Å². The third-order valence-electron chi connectivity index (χ3n) is 5.44. The molecule has 4 rings (SSSR count). The van der Waals surface area contributed by atoms with E-state index in [4.69, 9.17) is 0 Å². The van der Waals surface area contributed by atoms with E-state index in [-0.39, 0.29) is 11.3 Å². The molecule has 0 saturated carbocycles. The molecule has 7 heteroatoms. The van der Waals surface area contributed by atoms with Gasteiger partial charge in [-0.3, -0.25) is 14.5 Å². The molecule has 31 heavy (non-hydrogen) atoms. The van der Waals surface area contributed by atoms with Crippen LogP contribution >= 0.6 is 11.3 Å². The van der Waals surface area contributed by atoms with Gasteiger partial charge in [-0.25, -0.2) is 4.98 Å². The van der Waals surface area contributed by atoms with E-state index in [1.165, 1.54) is 16.2 Å². The molecule has 1 saturated heterocycles. The van der Waals surface area contributed by atoms with Gasteiger partial charge in [-0.2, -0.15) is 0 Å². The van der Waals surface area contributed by atoms with Crippen LogP contribution in [0.1, 0.15) is 28.3 Å². The number of hydrogen-bond acceptors (Lipinski definition) is 6. The van der Waals surface area contributed by atoms with Crippen molar-refractivity contribution in [3.8, 4) is 0 Å². The van der Waals surface area contributed by atoms with Gasteiger partial charge < -0.3 is 10.0 Å². The van der Waals surface area contributed by atoms with Gasteiger partial charge in [0.2, 0.25) is 0 Å². The third kappa shape index (κ3) is 3.61. The number of benzene rings is 2. The average Bonchev–Trinajstić information content (AvgIpc) is 3.36. The Hall–Kier alpha value is -3.45. The van der Waals surface area contributed by atoms with Crippen LogP contribution in [-0.4, -0.2) is 35.9 Å². The minimum atomic E-state index is -0.762. The zero-order valence-corrected chi connectivity index (χ0v) is 18.6. The molecular formula is C24H23N3O3S. The Kier molecular flexibility index (Phi) is 5.37. The number of nitrogens with zero attached hydrogens (tertiary/aromatic N) is 3. The number of Topliss-reactive ketones (excluding diaryl/α,β-unsaturated/α-hetero) is 1. The highest BCUT2D eigenvalue weighted by molar-refractivity contribution is 7.14. The lowest BCUT2D eigenvalue weighted by Gasteiger charge is -2.24. The Morgan fingerprint density at radius 3 is 2.42 bits per heavy atom. The molecule has 1 amide bonds. The lowest BCUT2D eigenvalue weighted by Crippen LogP contribution is -2.29. The fraction of sp³-hybridized carbons (Fsp3) is 0.208. The summed E-state index contributed by atoms with van der Waals surface area (Å²) >= 11 is 1.28. The number of amides is 1. The Morgan fingerprint density at radius 1 is 1.10 bits per heavy atom. The van der Waals surface area contributed by atoms with E-state index in [9.17, 15) is 14.7 Å². The summed E-state index contributed by atoms with van der Waals surface area (Å²) in [6, 6.07) is 12.5. The van der Waals surface area contributed by atoms with Crippen LogP contribution in [0.15, 0.2) is 59.6 Å². The van der Waals surface area contributed by atoms with Crippen LogP contribution in [0, 0.1) is 13.8 Å². The molecule has 2 aromatic carbocycles. The minimum absolute atomic E-state index is 0.0755. The van der Waals surface area contributed by atoms with Crippen LogP contribution in [0.5, 0.6) is 0 Å². The molecule has 1 unspecified atom stereocenters. The normalized spacial score (nSPS) is 17.9. The van der Waals surface area contributed by atoms with Crippen molar-refractivity contribution >= 4 is 39.6 Å². The molecule has 1 aliphatic heterocycles. The smallest absolute Gasteiger partial charge is 0.301 e. The molecule has 6 nitrogen and oxygen atoms in total. The first-order valence-corrected chi connectivity index (χ1v) is 10.7. The summed E-state index contributed by atoms with van der Waals surface area (Å²) in [4.78, 5) is 33.8. The van der Waals surface area contributed by atoms with Crippen molar-refractivity contribution in [2.45, 2.75) is 19.9 Å². The van der Waals surface area contributed by atoms with E-state index in [0.717, 1.165) is 22.4 Å². The fourth-order valence-corrected chi connectivity index (χ4v) is 4.44. The number of aliphatic hydroxyl groups excluding tert-OH is 1. The van der Waals surface area contributed by atoms with E-state index in [1.807, 2.05) is 75.3 Å². The van der Waals surface area contributed by atoms with Gasteiger partial charge in [0, 0.05) is 36.9 Å². The van der Waals surface area contributed by atoms with E-state index in [1.54, 1.807) is 11.6 Å². The van der Waals surface area contributed by atoms with Crippen molar-refractivity contribution in [1.82, 2.24) is 4.98 Å². The van der Waals surface area contributed by atoms with Gasteiger partial charge in [-0.05, 0) is 43.2 Å². The monoisotopic (exact) mass is 433 g/mol. The van der Waals surface area contributed by atoms with Crippen LogP contribution in [0.3, 0.4) is 0 Å². The number of aliphatic hydroxyl groups is 1. The Bertz CT molecular complexity index is 1180. The Labute approximate surface area is 185 Å². The molecule has 2 heterocycles. The molecule has 0 radical (unpaired) electrons. The first-order chi connectivity index (χ1) is 14.8. The molecule has 1 N–H and O–H groups in total. The summed E-state index contributed by atoms with van der Waals surface area (Å²) < 4.78 is 0. The van der Waals surface area contributed by atoms with Gasteiger partial charge in [0.1, 0.15) is 5.76 Å². The second-order valence-corrected chi connectivity index (χ2v) is 8.66. The van der Waals surface area contributed by atoms with Crippen molar-refractivity contribution in [2.75, 3.05) is 23.9 Å². The zero-order chi connectivity index (χ0) is 22.3. The SMILES string of the molecule is Cc1ccc(C)c(/C(O)=C2\C(=O)C(=O)N(c3nccs3)C2c2ccc(N(C)C)cc2)c1.